The first kappa shape index (κ1) is 24.6. The molecule has 0 bridgehead atoms. The number of aromatic carboxylic acids is 1. The lowest BCUT2D eigenvalue weighted by atomic mass is 10.0. The first-order valence-electron chi connectivity index (χ1n) is 9.78. The molecule has 0 spiro atoms. The Morgan fingerprint density at radius 3 is 2.38 bits per heavy atom. The van der Waals surface area contributed by atoms with E-state index in [0.29, 0.717) is 10.6 Å². The fraction of sp³-hybridized carbons (Fsp3) is 0.136. The second-order valence-corrected chi connectivity index (χ2v) is 7.61. The van der Waals surface area contributed by atoms with Crippen LogP contribution in [-0.2, 0) is 11.3 Å². The van der Waals surface area contributed by atoms with Crippen molar-refractivity contribution in [2.45, 2.75) is 12.6 Å². The zero-order chi connectivity index (χ0) is 24.8. The quantitative estimate of drug-likeness (QED) is 0.280. The summed E-state index contributed by atoms with van der Waals surface area (Å²) in [4.78, 5) is 51.8. The van der Waals surface area contributed by atoms with Crippen LogP contribution in [0.1, 0.15) is 26.5 Å². The molecule has 11 nitrogen and oxygen atoms in total. The number of benzene rings is 2. The highest BCUT2D eigenvalue weighted by atomic mass is 35.5. The fourth-order valence-electron chi connectivity index (χ4n) is 3.02. The van der Waals surface area contributed by atoms with Gasteiger partial charge in [-0.3, -0.25) is 15.2 Å². The molecule has 3 rings (SSSR count). The van der Waals surface area contributed by atoms with E-state index in [4.69, 9.17) is 21.8 Å². The van der Waals surface area contributed by atoms with Gasteiger partial charge in [0.15, 0.2) is 6.10 Å². The van der Waals surface area contributed by atoms with E-state index in [1.54, 1.807) is 24.3 Å². The molecule has 0 saturated heterocycles. The van der Waals surface area contributed by atoms with Gasteiger partial charge in [-0.05, 0) is 28.8 Å². The number of aliphatic carboxylic acids is 1. The first-order valence-corrected chi connectivity index (χ1v) is 10.2. The van der Waals surface area contributed by atoms with Crippen LogP contribution in [0.2, 0.25) is 5.02 Å². The van der Waals surface area contributed by atoms with Gasteiger partial charge in [-0.25, -0.2) is 19.4 Å². The summed E-state index contributed by atoms with van der Waals surface area (Å²) in [6.45, 7) is -0.507. The van der Waals surface area contributed by atoms with Gasteiger partial charge in [-0.1, -0.05) is 48.0 Å². The lowest BCUT2D eigenvalue weighted by Gasteiger charge is -2.24. The van der Waals surface area contributed by atoms with Crippen LogP contribution in [0.3, 0.4) is 0 Å². The molecule has 0 aliphatic rings. The molecule has 12 heteroatoms. The number of halogens is 1. The van der Waals surface area contributed by atoms with Crippen LogP contribution in [0.25, 0.3) is 11.1 Å². The van der Waals surface area contributed by atoms with Crippen LogP contribution in [0, 0.1) is 0 Å². The third-order valence-electron chi connectivity index (χ3n) is 4.63. The average Bonchev–Trinajstić information content (AvgIpc) is 2.79. The molecule has 1 amide bonds. The van der Waals surface area contributed by atoms with Crippen molar-refractivity contribution in [2.75, 3.05) is 6.54 Å². The fourth-order valence-corrected chi connectivity index (χ4v) is 3.21. The van der Waals surface area contributed by atoms with E-state index < -0.39 is 47.6 Å². The average molecular weight is 487 g/mol. The molecule has 1 aromatic heterocycles. The molecule has 0 saturated carbocycles. The molecular weight excluding hydrogens is 468 g/mol. The van der Waals surface area contributed by atoms with Crippen LogP contribution < -0.4 is 11.1 Å². The largest absolute Gasteiger partial charge is 0.479 e. The number of carbonyl (C=O) groups is 3. The summed E-state index contributed by atoms with van der Waals surface area (Å²) in [6.07, 6.45) is -1.83. The number of aromatic amines is 1. The zero-order valence-electron chi connectivity index (χ0n) is 17.4. The third kappa shape index (κ3) is 6.48. The predicted molar refractivity (Wildman–Crippen MR) is 120 cm³/mol. The molecule has 0 unspecified atom stereocenters. The Hall–Kier alpha value is -4.06. The molecule has 3 aromatic rings. The topological polar surface area (TPSA) is 173 Å². The Morgan fingerprint density at radius 2 is 1.76 bits per heavy atom. The Kier molecular flexibility index (Phi) is 7.74. The smallest absolute Gasteiger partial charge is 0.352 e. The van der Waals surface area contributed by atoms with Crippen LogP contribution in [-0.4, -0.2) is 60.8 Å². The number of rotatable bonds is 9. The lowest BCUT2D eigenvalue weighted by Crippen LogP contribution is -2.47. The lowest BCUT2D eigenvalue weighted by molar-refractivity contribution is -0.148. The summed E-state index contributed by atoms with van der Waals surface area (Å²) >= 11 is 6.03. The molecule has 0 fully saturated rings. The Balaban J connectivity index is 1.81. The number of H-pyrrole nitrogens is 1. The van der Waals surface area contributed by atoms with Gasteiger partial charge < -0.3 is 15.3 Å². The number of hydrogen-bond donors (Lipinski definition) is 5. The van der Waals surface area contributed by atoms with Crippen molar-refractivity contribution in [3.8, 4) is 11.1 Å². The summed E-state index contributed by atoms with van der Waals surface area (Å²) in [5.74, 6) is -3.92. The standard InChI is InChI=1S/C22H19ClN4O7/c23-15-3-1-2-14(8-15)13-6-4-12(5-7-13)10-27(11-18(28)21(32)33)26-19(29)16-9-17(20(30)31)25-22(34)24-16/h1-9,18,28H,10-11H2,(H,26,29)(H,30,31)(H,32,33)(H,24,25,34)/t18-/m1/s1. The molecular formula is C22H19ClN4O7. The maximum atomic E-state index is 12.6. The Morgan fingerprint density at radius 1 is 1.06 bits per heavy atom. The second-order valence-electron chi connectivity index (χ2n) is 7.17. The molecule has 0 aliphatic heterocycles. The summed E-state index contributed by atoms with van der Waals surface area (Å²) < 4.78 is 0. The van der Waals surface area contributed by atoms with Gasteiger partial charge in [0.2, 0.25) is 0 Å². The summed E-state index contributed by atoms with van der Waals surface area (Å²) in [6, 6.07) is 15.2. The van der Waals surface area contributed by atoms with Gasteiger partial charge in [0.1, 0.15) is 11.4 Å². The van der Waals surface area contributed by atoms with Crippen molar-refractivity contribution in [3.63, 3.8) is 0 Å². The predicted octanol–water partition coefficient (Wildman–Crippen LogP) is 1.38. The summed E-state index contributed by atoms with van der Waals surface area (Å²) in [5, 5.41) is 29.6. The molecule has 1 atom stereocenters. The number of carbonyl (C=O) groups excluding carboxylic acids is 1. The van der Waals surface area contributed by atoms with Crippen molar-refractivity contribution in [1.82, 2.24) is 20.4 Å². The molecule has 34 heavy (non-hydrogen) atoms. The highest BCUT2D eigenvalue weighted by molar-refractivity contribution is 6.30. The number of hydrazine groups is 1. The van der Waals surface area contributed by atoms with Gasteiger partial charge in [0, 0.05) is 17.6 Å². The molecule has 176 valence electrons. The van der Waals surface area contributed by atoms with Gasteiger partial charge in [-0.2, -0.15) is 4.98 Å². The monoisotopic (exact) mass is 486 g/mol. The van der Waals surface area contributed by atoms with E-state index in [9.17, 15) is 24.3 Å². The van der Waals surface area contributed by atoms with Crippen molar-refractivity contribution in [2.24, 2.45) is 0 Å². The molecule has 5 N–H and O–H groups in total. The van der Waals surface area contributed by atoms with E-state index >= 15 is 0 Å². The number of aliphatic hydroxyl groups is 1. The minimum absolute atomic E-state index is 0.0130. The number of nitrogens with zero attached hydrogens (tertiary/aromatic N) is 2. The minimum Gasteiger partial charge on any atom is -0.479 e. The minimum atomic E-state index is -1.83. The second kappa shape index (κ2) is 10.7. The number of amides is 1. The zero-order valence-corrected chi connectivity index (χ0v) is 18.2. The first-order chi connectivity index (χ1) is 16.1. The van der Waals surface area contributed by atoms with Gasteiger partial charge in [-0.15, -0.1) is 0 Å². The molecule has 2 aromatic carbocycles. The normalized spacial score (nSPS) is 11.7. The van der Waals surface area contributed by atoms with Gasteiger partial charge in [0.25, 0.3) is 5.91 Å². The Labute approximate surface area is 197 Å². The van der Waals surface area contributed by atoms with Crippen LogP contribution in [0.5, 0.6) is 0 Å². The van der Waals surface area contributed by atoms with Gasteiger partial charge in [0.05, 0.1) is 6.54 Å². The van der Waals surface area contributed by atoms with Gasteiger partial charge >= 0.3 is 17.6 Å². The van der Waals surface area contributed by atoms with Crippen molar-refractivity contribution >= 4 is 29.4 Å². The highest BCUT2D eigenvalue weighted by Crippen LogP contribution is 2.23. The van der Waals surface area contributed by atoms with E-state index in [2.05, 4.69) is 10.4 Å². The summed E-state index contributed by atoms with van der Waals surface area (Å²) in [5.41, 5.74) is 2.71. The van der Waals surface area contributed by atoms with E-state index in [0.717, 1.165) is 22.2 Å². The van der Waals surface area contributed by atoms with Crippen LogP contribution in [0.4, 0.5) is 0 Å². The Bertz CT molecular complexity index is 1280. The number of carboxylic acids is 2. The van der Waals surface area contributed by atoms with E-state index in [1.165, 1.54) is 0 Å². The van der Waals surface area contributed by atoms with E-state index in [1.807, 2.05) is 29.2 Å². The van der Waals surface area contributed by atoms with Crippen molar-refractivity contribution < 1.29 is 29.7 Å². The van der Waals surface area contributed by atoms with Crippen LogP contribution in [0.15, 0.2) is 59.4 Å². The summed E-state index contributed by atoms with van der Waals surface area (Å²) in [7, 11) is 0. The number of hydrogen-bond acceptors (Lipinski definition) is 7. The maximum absolute atomic E-state index is 12.6. The molecule has 1 heterocycles. The SMILES string of the molecule is O=C(NN(Cc1ccc(-c2cccc(Cl)c2)cc1)C[C@@H](O)C(=O)O)c1cc(C(=O)O)[nH]c(=O)n1. The number of carboxylic acid groups (broad SMARTS) is 2. The maximum Gasteiger partial charge on any atom is 0.352 e. The highest BCUT2D eigenvalue weighted by Gasteiger charge is 2.22. The van der Waals surface area contributed by atoms with Crippen molar-refractivity contribution in [3.05, 3.63) is 87.1 Å². The van der Waals surface area contributed by atoms with E-state index in [-0.39, 0.29) is 6.54 Å². The number of aromatic nitrogens is 2. The van der Waals surface area contributed by atoms with Crippen LogP contribution >= 0.6 is 11.6 Å². The molecule has 0 aliphatic carbocycles. The number of nitrogens with one attached hydrogen (secondary N) is 2. The van der Waals surface area contributed by atoms with Crippen molar-refractivity contribution in [1.29, 1.82) is 0 Å². The molecule has 0 radical (unpaired) electrons. The third-order valence-corrected chi connectivity index (χ3v) is 4.87. The number of aliphatic hydroxyl groups excluding tert-OH is 1.